The summed E-state index contributed by atoms with van der Waals surface area (Å²) in [6.45, 7) is 3.04. The van der Waals surface area contributed by atoms with Crippen molar-refractivity contribution in [3.8, 4) is 0 Å². The number of amides is 1. The van der Waals surface area contributed by atoms with Gasteiger partial charge < -0.3 is 10.0 Å². The van der Waals surface area contributed by atoms with Crippen molar-refractivity contribution in [3.63, 3.8) is 0 Å². The molecule has 1 N–H and O–H groups in total. The van der Waals surface area contributed by atoms with Gasteiger partial charge in [0.1, 0.15) is 6.54 Å². The van der Waals surface area contributed by atoms with Crippen LogP contribution in [-0.4, -0.2) is 54.4 Å². The van der Waals surface area contributed by atoms with E-state index in [-0.39, 0.29) is 30.0 Å². The molecule has 1 aliphatic rings. The predicted octanol–water partition coefficient (Wildman–Crippen LogP) is -0.257. The molecular formula is C10H17NO5S. The molecule has 1 heterocycles. The lowest BCUT2D eigenvalue weighted by molar-refractivity contribution is -0.147. The van der Waals surface area contributed by atoms with Gasteiger partial charge in [0, 0.05) is 6.04 Å². The Hall–Kier alpha value is -1.11. The molecule has 6 nitrogen and oxygen atoms in total. The number of nitrogens with zero attached hydrogens (tertiary/aromatic N) is 1. The maximum atomic E-state index is 12.0. The summed E-state index contributed by atoms with van der Waals surface area (Å²) in [7, 11) is -3.12. The van der Waals surface area contributed by atoms with Crippen molar-refractivity contribution in [1.82, 2.24) is 4.90 Å². The minimum absolute atomic E-state index is 0.0163. The summed E-state index contributed by atoms with van der Waals surface area (Å²) >= 11 is 0. The highest BCUT2D eigenvalue weighted by Gasteiger charge is 2.36. The summed E-state index contributed by atoms with van der Waals surface area (Å²) in [5.74, 6) is -2.19. The van der Waals surface area contributed by atoms with Crippen molar-refractivity contribution in [3.05, 3.63) is 0 Å². The van der Waals surface area contributed by atoms with Gasteiger partial charge in [0.2, 0.25) is 5.91 Å². The standard InChI is InChI=1S/C10H17NO5S/c1-7(2)11(5-9(12)13)10(14)8-3-4-17(15,16)6-8/h7-8H,3-6H2,1-2H3,(H,12,13). The molecule has 1 rings (SSSR count). The Morgan fingerprint density at radius 2 is 2.00 bits per heavy atom. The topological polar surface area (TPSA) is 91.8 Å². The first-order valence-electron chi connectivity index (χ1n) is 5.45. The van der Waals surface area contributed by atoms with Crippen molar-refractivity contribution < 1.29 is 23.1 Å². The summed E-state index contributed by atoms with van der Waals surface area (Å²) in [5.41, 5.74) is 0. The number of carboxylic acid groups (broad SMARTS) is 1. The van der Waals surface area contributed by atoms with Gasteiger partial charge >= 0.3 is 5.97 Å². The van der Waals surface area contributed by atoms with Crippen molar-refractivity contribution >= 4 is 21.7 Å². The molecule has 1 amide bonds. The minimum atomic E-state index is -3.12. The summed E-state index contributed by atoms with van der Waals surface area (Å²) in [5, 5.41) is 8.72. The molecule has 0 aliphatic carbocycles. The van der Waals surface area contributed by atoms with Gasteiger partial charge in [-0.3, -0.25) is 9.59 Å². The van der Waals surface area contributed by atoms with Gasteiger partial charge in [-0.25, -0.2) is 8.42 Å². The van der Waals surface area contributed by atoms with Gasteiger partial charge in [0.05, 0.1) is 17.4 Å². The van der Waals surface area contributed by atoms with E-state index in [1.807, 2.05) is 0 Å². The monoisotopic (exact) mass is 263 g/mol. The average Bonchev–Trinajstić information content (AvgIpc) is 2.53. The molecule has 98 valence electrons. The van der Waals surface area contributed by atoms with E-state index in [0.29, 0.717) is 6.42 Å². The lowest BCUT2D eigenvalue weighted by atomic mass is 10.1. The number of sulfone groups is 1. The van der Waals surface area contributed by atoms with E-state index in [1.54, 1.807) is 13.8 Å². The highest BCUT2D eigenvalue weighted by Crippen LogP contribution is 2.21. The van der Waals surface area contributed by atoms with E-state index in [4.69, 9.17) is 5.11 Å². The zero-order valence-electron chi connectivity index (χ0n) is 9.92. The van der Waals surface area contributed by atoms with Crippen LogP contribution in [0, 0.1) is 5.92 Å². The fourth-order valence-electron chi connectivity index (χ4n) is 1.88. The Balaban J connectivity index is 2.76. The number of rotatable bonds is 4. The second-order valence-corrected chi connectivity index (χ2v) is 6.78. The fourth-order valence-corrected chi connectivity index (χ4v) is 3.62. The van der Waals surface area contributed by atoms with Crippen molar-refractivity contribution in [1.29, 1.82) is 0 Å². The number of hydrogen-bond donors (Lipinski definition) is 1. The van der Waals surface area contributed by atoms with Crippen molar-refractivity contribution in [2.75, 3.05) is 18.1 Å². The van der Waals surface area contributed by atoms with E-state index in [0.717, 1.165) is 0 Å². The SMILES string of the molecule is CC(C)N(CC(=O)O)C(=O)C1CCS(=O)(=O)C1. The molecule has 0 aromatic carbocycles. The lowest BCUT2D eigenvalue weighted by Crippen LogP contribution is -2.44. The van der Waals surface area contributed by atoms with E-state index in [1.165, 1.54) is 4.90 Å². The van der Waals surface area contributed by atoms with Gasteiger partial charge in [-0.2, -0.15) is 0 Å². The third kappa shape index (κ3) is 3.69. The van der Waals surface area contributed by atoms with Gasteiger partial charge in [0.15, 0.2) is 9.84 Å². The van der Waals surface area contributed by atoms with Crippen molar-refractivity contribution in [2.24, 2.45) is 5.92 Å². The second kappa shape index (κ2) is 5.03. The number of carbonyl (C=O) groups is 2. The number of carbonyl (C=O) groups excluding carboxylic acids is 1. The van der Waals surface area contributed by atoms with E-state index < -0.39 is 21.7 Å². The highest BCUT2D eigenvalue weighted by molar-refractivity contribution is 7.91. The summed E-state index contributed by atoms with van der Waals surface area (Å²) in [4.78, 5) is 23.9. The summed E-state index contributed by atoms with van der Waals surface area (Å²) in [6.07, 6.45) is 0.296. The first-order chi connectivity index (χ1) is 7.73. The molecule has 1 aliphatic heterocycles. The van der Waals surface area contributed by atoms with Gasteiger partial charge in [-0.15, -0.1) is 0 Å². The van der Waals surface area contributed by atoms with E-state index >= 15 is 0 Å². The molecule has 0 aromatic heterocycles. The maximum Gasteiger partial charge on any atom is 0.323 e. The van der Waals surface area contributed by atoms with Crippen LogP contribution in [0.25, 0.3) is 0 Å². The van der Waals surface area contributed by atoms with Crippen LogP contribution in [0.2, 0.25) is 0 Å². The van der Waals surface area contributed by atoms with Crippen LogP contribution in [0.4, 0.5) is 0 Å². The summed E-state index contributed by atoms with van der Waals surface area (Å²) < 4.78 is 22.5. The average molecular weight is 263 g/mol. The Morgan fingerprint density at radius 3 is 2.35 bits per heavy atom. The molecule has 0 saturated carbocycles. The Bertz CT molecular complexity index is 414. The minimum Gasteiger partial charge on any atom is -0.480 e. The molecule has 0 bridgehead atoms. The quantitative estimate of drug-likeness (QED) is 0.754. The maximum absolute atomic E-state index is 12.0. The molecule has 0 radical (unpaired) electrons. The molecule has 7 heteroatoms. The Labute approximate surface area is 101 Å². The largest absolute Gasteiger partial charge is 0.480 e. The molecular weight excluding hydrogens is 246 g/mol. The van der Waals surface area contributed by atoms with Gasteiger partial charge in [0.25, 0.3) is 0 Å². The molecule has 1 saturated heterocycles. The van der Waals surface area contributed by atoms with Crippen LogP contribution in [0.1, 0.15) is 20.3 Å². The predicted molar refractivity (Wildman–Crippen MR) is 61.2 cm³/mol. The molecule has 17 heavy (non-hydrogen) atoms. The number of aliphatic carboxylic acids is 1. The second-order valence-electron chi connectivity index (χ2n) is 4.55. The first kappa shape index (κ1) is 14.0. The number of carboxylic acids is 1. The van der Waals surface area contributed by atoms with E-state index in [2.05, 4.69) is 0 Å². The first-order valence-corrected chi connectivity index (χ1v) is 7.28. The fraction of sp³-hybridized carbons (Fsp3) is 0.800. The van der Waals surface area contributed by atoms with Crippen LogP contribution in [-0.2, 0) is 19.4 Å². The molecule has 0 aromatic rings. The molecule has 1 fully saturated rings. The van der Waals surface area contributed by atoms with Crippen LogP contribution < -0.4 is 0 Å². The van der Waals surface area contributed by atoms with Crippen molar-refractivity contribution in [2.45, 2.75) is 26.3 Å². The zero-order chi connectivity index (χ0) is 13.2. The zero-order valence-corrected chi connectivity index (χ0v) is 10.7. The Kier molecular flexibility index (Phi) is 4.13. The molecule has 0 spiro atoms. The highest BCUT2D eigenvalue weighted by atomic mass is 32.2. The van der Waals surface area contributed by atoms with E-state index in [9.17, 15) is 18.0 Å². The summed E-state index contributed by atoms with van der Waals surface area (Å²) in [6, 6.07) is -0.248. The molecule has 1 unspecified atom stereocenters. The van der Waals surface area contributed by atoms with Gasteiger partial charge in [-0.05, 0) is 20.3 Å². The molecule has 1 atom stereocenters. The van der Waals surface area contributed by atoms with Crippen LogP contribution >= 0.6 is 0 Å². The number of hydrogen-bond acceptors (Lipinski definition) is 4. The van der Waals surface area contributed by atoms with Crippen LogP contribution in [0.15, 0.2) is 0 Å². The van der Waals surface area contributed by atoms with Crippen LogP contribution in [0.3, 0.4) is 0 Å². The normalized spacial score (nSPS) is 22.6. The third-order valence-electron chi connectivity index (χ3n) is 2.79. The third-order valence-corrected chi connectivity index (χ3v) is 4.56. The van der Waals surface area contributed by atoms with Crippen LogP contribution in [0.5, 0.6) is 0 Å². The lowest BCUT2D eigenvalue weighted by Gasteiger charge is -2.27. The Morgan fingerprint density at radius 1 is 1.41 bits per heavy atom. The van der Waals surface area contributed by atoms with Gasteiger partial charge in [-0.1, -0.05) is 0 Å². The smallest absolute Gasteiger partial charge is 0.323 e.